The molecule has 0 aromatic carbocycles. The Bertz CT molecular complexity index is 545. The van der Waals surface area contributed by atoms with Crippen LogP contribution in [0.2, 0.25) is 0 Å². The van der Waals surface area contributed by atoms with Gasteiger partial charge in [0.05, 0.1) is 18.5 Å². The van der Waals surface area contributed by atoms with Crippen molar-refractivity contribution in [2.45, 2.75) is 11.4 Å². The smallest absolute Gasteiger partial charge is 0.264 e. The van der Waals surface area contributed by atoms with Gasteiger partial charge in [0, 0.05) is 23.1 Å². The number of nitrogens with zero attached hydrogens (tertiary/aromatic N) is 2. The van der Waals surface area contributed by atoms with E-state index in [0.717, 1.165) is 12.5 Å². The maximum absolute atomic E-state index is 10.8. The van der Waals surface area contributed by atoms with E-state index < -0.39 is 18.9 Å². The summed E-state index contributed by atoms with van der Waals surface area (Å²) in [5.74, 6) is -0.101. The molecule has 0 saturated heterocycles. The van der Waals surface area contributed by atoms with Crippen molar-refractivity contribution in [1.29, 1.82) is 0 Å². The van der Waals surface area contributed by atoms with Gasteiger partial charge in [-0.3, -0.25) is 4.68 Å². The third kappa shape index (κ3) is 4.18. The molecule has 0 fully saturated rings. The summed E-state index contributed by atoms with van der Waals surface area (Å²) in [6.45, 7) is 0.102. The van der Waals surface area contributed by atoms with Crippen molar-refractivity contribution >= 4 is 29.6 Å². The van der Waals surface area contributed by atoms with E-state index in [-0.39, 0.29) is 17.2 Å². The first kappa shape index (κ1) is 12.5. The highest BCUT2D eigenvalue weighted by Gasteiger charge is 2.13. The lowest BCUT2D eigenvalue weighted by molar-refractivity contribution is 0.586. The zero-order valence-electron chi connectivity index (χ0n) is 7.79. The summed E-state index contributed by atoms with van der Waals surface area (Å²) >= 11 is 0. The van der Waals surface area contributed by atoms with Crippen molar-refractivity contribution in [1.82, 2.24) is 9.78 Å². The quantitative estimate of drug-likeness (QED) is 0.712. The van der Waals surface area contributed by atoms with E-state index in [1.807, 2.05) is 0 Å². The van der Waals surface area contributed by atoms with E-state index in [9.17, 15) is 16.8 Å². The fraction of sp³-hybridized carbons (Fsp3) is 0.500. The molecule has 9 heteroatoms. The highest BCUT2D eigenvalue weighted by atomic mass is 35.7. The zero-order valence-corrected chi connectivity index (χ0v) is 10.2. The molecule has 0 radical (unpaired) electrons. The van der Waals surface area contributed by atoms with Gasteiger partial charge < -0.3 is 0 Å². The van der Waals surface area contributed by atoms with Crippen molar-refractivity contribution in [2.75, 3.05) is 12.0 Å². The van der Waals surface area contributed by atoms with Crippen molar-refractivity contribution in [2.24, 2.45) is 0 Å². The Morgan fingerprint density at radius 1 is 1.40 bits per heavy atom. The summed E-state index contributed by atoms with van der Waals surface area (Å²) < 4.78 is 44.5. The van der Waals surface area contributed by atoms with Gasteiger partial charge in [-0.15, -0.1) is 0 Å². The molecule has 0 aliphatic carbocycles. The minimum absolute atomic E-state index is 0.101. The molecule has 15 heavy (non-hydrogen) atoms. The molecule has 0 bridgehead atoms. The number of aromatic nitrogens is 2. The number of halogens is 1. The topological polar surface area (TPSA) is 86.1 Å². The van der Waals surface area contributed by atoms with E-state index in [4.69, 9.17) is 10.7 Å². The molecule has 6 nitrogen and oxygen atoms in total. The highest BCUT2D eigenvalue weighted by molar-refractivity contribution is 8.13. The first-order valence-corrected chi connectivity index (χ1v) is 8.20. The fourth-order valence-corrected chi connectivity index (χ4v) is 2.03. The summed E-state index contributed by atoms with van der Waals surface area (Å²) in [4.78, 5) is -0.141. The molecule has 0 unspecified atom stereocenters. The van der Waals surface area contributed by atoms with Crippen LogP contribution in [0.1, 0.15) is 0 Å². The zero-order chi connectivity index (χ0) is 11.7. The van der Waals surface area contributed by atoms with Crippen LogP contribution in [0.15, 0.2) is 17.3 Å². The maximum Gasteiger partial charge on any atom is 0.264 e. The van der Waals surface area contributed by atoms with Gasteiger partial charge in [0.1, 0.15) is 14.7 Å². The molecule has 0 amide bonds. The molecule has 1 heterocycles. The molecule has 0 aliphatic heterocycles. The first-order chi connectivity index (χ1) is 6.68. The number of aryl methyl sites for hydroxylation is 1. The molecular weight excluding hydrogens is 264 g/mol. The molecule has 1 rings (SSSR count). The Morgan fingerprint density at radius 2 is 2.00 bits per heavy atom. The second-order valence-electron chi connectivity index (χ2n) is 3.01. The molecule has 0 atom stereocenters. The largest absolute Gasteiger partial charge is 0.270 e. The van der Waals surface area contributed by atoms with Crippen molar-refractivity contribution in [3.8, 4) is 0 Å². The molecule has 0 saturated carbocycles. The molecule has 1 aromatic rings. The molecule has 86 valence electrons. The Morgan fingerprint density at radius 3 is 2.40 bits per heavy atom. The van der Waals surface area contributed by atoms with Crippen LogP contribution in [0, 0.1) is 0 Å². The van der Waals surface area contributed by atoms with Gasteiger partial charge in [0.25, 0.3) is 9.05 Å². The first-order valence-electron chi connectivity index (χ1n) is 3.83. The number of hydrogen-bond donors (Lipinski definition) is 0. The lowest BCUT2D eigenvalue weighted by Gasteiger charge is -1.98. The summed E-state index contributed by atoms with van der Waals surface area (Å²) in [5, 5.41) is 3.67. The second-order valence-corrected chi connectivity index (χ2v) is 7.83. The predicted molar refractivity (Wildman–Crippen MR) is 55.0 cm³/mol. The van der Waals surface area contributed by atoms with Crippen LogP contribution in [-0.4, -0.2) is 38.6 Å². The second kappa shape index (κ2) is 4.11. The molecule has 0 aliphatic rings. The molecule has 0 N–H and O–H groups in total. The van der Waals surface area contributed by atoms with Crippen LogP contribution >= 0.6 is 10.7 Å². The minimum atomic E-state index is -3.80. The van der Waals surface area contributed by atoms with Crippen LogP contribution in [0.3, 0.4) is 0 Å². The van der Waals surface area contributed by atoms with Crippen LogP contribution < -0.4 is 0 Å². The monoisotopic (exact) mass is 272 g/mol. The van der Waals surface area contributed by atoms with E-state index in [2.05, 4.69) is 5.10 Å². The van der Waals surface area contributed by atoms with Gasteiger partial charge in [0.15, 0.2) is 0 Å². The standard InChI is InChI=1S/C6H9ClN2O4S2/c1-14(10,11)3-2-9-5-6(4-8-9)15(7,12)13/h4-5H,2-3H2,1H3. The number of rotatable bonds is 4. The van der Waals surface area contributed by atoms with E-state index >= 15 is 0 Å². The van der Waals surface area contributed by atoms with Crippen molar-refractivity contribution in [3.05, 3.63) is 12.4 Å². The Kier molecular flexibility index (Phi) is 3.41. The molecule has 1 aromatic heterocycles. The van der Waals surface area contributed by atoms with Crippen LogP contribution in [-0.2, 0) is 25.4 Å². The van der Waals surface area contributed by atoms with Gasteiger partial charge in [-0.2, -0.15) is 5.10 Å². The SMILES string of the molecule is CS(=O)(=O)CCn1cc(S(=O)(=O)Cl)cn1. The molecule has 0 spiro atoms. The lowest BCUT2D eigenvalue weighted by Crippen LogP contribution is -2.11. The van der Waals surface area contributed by atoms with Crippen LogP contribution in [0.5, 0.6) is 0 Å². The van der Waals surface area contributed by atoms with Gasteiger partial charge >= 0.3 is 0 Å². The Hall–Kier alpha value is -0.600. The van der Waals surface area contributed by atoms with Crippen LogP contribution in [0.4, 0.5) is 0 Å². The Balaban J connectivity index is 2.79. The van der Waals surface area contributed by atoms with E-state index in [1.54, 1.807) is 0 Å². The number of hydrogen-bond acceptors (Lipinski definition) is 5. The van der Waals surface area contributed by atoms with Crippen molar-refractivity contribution in [3.63, 3.8) is 0 Å². The van der Waals surface area contributed by atoms with Gasteiger partial charge in [-0.05, 0) is 0 Å². The maximum atomic E-state index is 10.8. The van der Waals surface area contributed by atoms with E-state index in [0.29, 0.717) is 0 Å². The Labute approximate surface area is 92.2 Å². The third-order valence-corrected chi connectivity index (χ3v) is 3.81. The predicted octanol–water partition coefficient (Wildman–Crippen LogP) is -0.145. The highest BCUT2D eigenvalue weighted by Crippen LogP contribution is 2.12. The minimum Gasteiger partial charge on any atom is -0.270 e. The van der Waals surface area contributed by atoms with Crippen molar-refractivity contribution < 1.29 is 16.8 Å². The van der Waals surface area contributed by atoms with E-state index in [1.165, 1.54) is 10.9 Å². The third-order valence-electron chi connectivity index (χ3n) is 1.58. The van der Waals surface area contributed by atoms with Gasteiger partial charge in [0.2, 0.25) is 0 Å². The fourth-order valence-electron chi connectivity index (χ4n) is 0.852. The summed E-state index contributed by atoms with van der Waals surface area (Å²) in [6, 6.07) is 0. The summed E-state index contributed by atoms with van der Waals surface area (Å²) in [7, 11) is -1.83. The summed E-state index contributed by atoms with van der Waals surface area (Å²) in [6.07, 6.45) is 3.35. The average Bonchev–Trinajstić information content (AvgIpc) is 2.45. The normalized spacial score (nSPS) is 12.9. The number of sulfone groups is 1. The summed E-state index contributed by atoms with van der Waals surface area (Å²) in [5.41, 5.74) is 0. The van der Waals surface area contributed by atoms with Gasteiger partial charge in [-0.25, -0.2) is 16.8 Å². The lowest BCUT2D eigenvalue weighted by atomic mass is 10.7. The van der Waals surface area contributed by atoms with Gasteiger partial charge in [-0.1, -0.05) is 0 Å². The average molecular weight is 273 g/mol. The van der Waals surface area contributed by atoms with Crippen LogP contribution in [0.25, 0.3) is 0 Å². The molecular formula is C6H9ClN2O4S2.